The Bertz CT molecular complexity index is 476. The number of nitrogens with one attached hydrogen (secondary N) is 2. The molecule has 0 atom stereocenters. The number of benzene rings is 1. The van der Waals surface area contributed by atoms with E-state index in [0.29, 0.717) is 0 Å². The van der Waals surface area contributed by atoms with Gasteiger partial charge in [-0.1, -0.05) is 18.2 Å². The third-order valence-corrected chi connectivity index (χ3v) is 2.43. The molecule has 1 rings (SSSR count). The number of nitrogens with zero attached hydrogens (tertiary/aromatic N) is 1. The van der Waals surface area contributed by atoms with E-state index >= 15 is 0 Å². The average molecular weight is 279 g/mol. The van der Waals surface area contributed by atoms with Gasteiger partial charge in [-0.15, -0.1) is 0 Å². The van der Waals surface area contributed by atoms with Crippen LogP contribution in [-0.2, 0) is 14.4 Å². The van der Waals surface area contributed by atoms with Crippen LogP contribution in [0.2, 0.25) is 0 Å². The van der Waals surface area contributed by atoms with E-state index in [0.717, 1.165) is 5.69 Å². The molecule has 20 heavy (non-hydrogen) atoms. The van der Waals surface area contributed by atoms with Crippen LogP contribution in [0.25, 0.3) is 0 Å². The van der Waals surface area contributed by atoms with Crippen LogP contribution >= 0.6 is 0 Å². The molecule has 108 valence electrons. The van der Waals surface area contributed by atoms with E-state index < -0.39 is 11.9 Å². The number of aliphatic carboxylic acids is 1. The first-order valence-corrected chi connectivity index (χ1v) is 6.06. The summed E-state index contributed by atoms with van der Waals surface area (Å²) in [6.07, 6.45) is -0.0810. The zero-order valence-electron chi connectivity index (χ0n) is 11.1. The lowest BCUT2D eigenvalue weighted by molar-refractivity contribution is -0.136. The lowest BCUT2D eigenvalue weighted by Gasteiger charge is -2.23. The zero-order chi connectivity index (χ0) is 15.0. The Kier molecular flexibility index (Phi) is 6.02. The highest BCUT2D eigenvalue weighted by molar-refractivity contribution is 5.84. The minimum absolute atomic E-state index is 0.0441. The Balaban J connectivity index is 2.65. The van der Waals surface area contributed by atoms with Crippen molar-refractivity contribution in [3.8, 4) is 0 Å². The van der Waals surface area contributed by atoms with Gasteiger partial charge in [-0.25, -0.2) is 0 Å². The molecule has 0 aliphatic heterocycles. The Morgan fingerprint density at radius 3 is 2.35 bits per heavy atom. The normalized spacial score (nSPS) is 9.65. The maximum Gasteiger partial charge on any atom is 0.305 e. The van der Waals surface area contributed by atoms with Gasteiger partial charge in [-0.3, -0.25) is 25.2 Å². The van der Waals surface area contributed by atoms with E-state index in [-0.39, 0.29) is 25.4 Å². The lowest BCUT2D eigenvalue weighted by atomic mass is 10.2. The molecule has 0 radical (unpaired) electrons. The van der Waals surface area contributed by atoms with Gasteiger partial charge in [0, 0.05) is 19.2 Å². The second kappa shape index (κ2) is 7.78. The van der Waals surface area contributed by atoms with Crippen molar-refractivity contribution in [1.82, 2.24) is 10.9 Å². The third-order valence-electron chi connectivity index (χ3n) is 2.43. The first kappa shape index (κ1) is 15.5. The first-order chi connectivity index (χ1) is 9.49. The number of carboxylic acids is 1. The molecule has 0 aliphatic carbocycles. The van der Waals surface area contributed by atoms with Crippen molar-refractivity contribution in [2.75, 3.05) is 18.0 Å². The number of rotatable bonds is 6. The molecule has 2 amide bonds. The summed E-state index contributed by atoms with van der Waals surface area (Å²) in [5.74, 6) is -1.74. The minimum atomic E-state index is -0.937. The number of amides is 2. The van der Waals surface area contributed by atoms with Crippen LogP contribution in [0.3, 0.4) is 0 Å². The molecular weight excluding hydrogens is 262 g/mol. The molecule has 0 bridgehead atoms. The van der Waals surface area contributed by atoms with Crippen molar-refractivity contribution in [2.45, 2.75) is 13.3 Å². The molecule has 0 saturated heterocycles. The molecule has 0 fully saturated rings. The summed E-state index contributed by atoms with van der Waals surface area (Å²) in [7, 11) is 0. The van der Waals surface area contributed by atoms with Crippen LogP contribution in [0.5, 0.6) is 0 Å². The van der Waals surface area contributed by atoms with Crippen LogP contribution in [0.1, 0.15) is 13.3 Å². The van der Waals surface area contributed by atoms with Crippen molar-refractivity contribution in [1.29, 1.82) is 0 Å². The Labute approximate surface area is 116 Å². The number of hydrazine groups is 1. The van der Waals surface area contributed by atoms with Gasteiger partial charge in [0.25, 0.3) is 5.91 Å². The molecular formula is C13H17N3O4. The Morgan fingerprint density at radius 1 is 1.15 bits per heavy atom. The molecule has 7 nitrogen and oxygen atoms in total. The minimum Gasteiger partial charge on any atom is -0.481 e. The molecule has 0 aromatic heterocycles. The SMILES string of the molecule is CC(=O)NNC(=O)CN(CCC(=O)O)c1ccccc1. The van der Waals surface area contributed by atoms with Gasteiger partial charge < -0.3 is 10.0 Å². The summed E-state index contributed by atoms with van der Waals surface area (Å²) in [5.41, 5.74) is 5.17. The highest BCUT2D eigenvalue weighted by Gasteiger charge is 2.13. The fourth-order valence-corrected chi connectivity index (χ4v) is 1.54. The number of carboxylic acid groups (broad SMARTS) is 1. The molecule has 0 aliphatic rings. The maximum absolute atomic E-state index is 11.7. The fourth-order valence-electron chi connectivity index (χ4n) is 1.54. The van der Waals surface area contributed by atoms with E-state index in [1.54, 1.807) is 29.2 Å². The van der Waals surface area contributed by atoms with E-state index in [1.165, 1.54) is 6.92 Å². The summed E-state index contributed by atoms with van der Waals surface area (Å²) in [6.45, 7) is 1.43. The van der Waals surface area contributed by atoms with Gasteiger partial charge in [0.2, 0.25) is 5.91 Å². The molecule has 0 heterocycles. The monoisotopic (exact) mass is 279 g/mol. The zero-order valence-corrected chi connectivity index (χ0v) is 11.1. The van der Waals surface area contributed by atoms with Crippen LogP contribution in [0.15, 0.2) is 30.3 Å². The Hall–Kier alpha value is -2.57. The summed E-state index contributed by atoms with van der Waals surface area (Å²) in [6, 6.07) is 9.00. The standard InChI is InChI=1S/C13H17N3O4/c1-10(17)14-15-12(18)9-16(8-7-13(19)20)11-5-3-2-4-6-11/h2-6H,7-9H2,1H3,(H,14,17)(H,15,18)(H,19,20). The molecule has 0 saturated carbocycles. The summed E-state index contributed by atoms with van der Waals surface area (Å²) in [5, 5.41) is 8.74. The number of para-hydroxylation sites is 1. The third kappa shape index (κ3) is 5.85. The topological polar surface area (TPSA) is 98.7 Å². The van der Waals surface area contributed by atoms with Crippen LogP contribution in [0, 0.1) is 0 Å². The molecule has 1 aromatic carbocycles. The van der Waals surface area contributed by atoms with E-state index in [2.05, 4.69) is 10.9 Å². The highest BCUT2D eigenvalue weighted by atomic mass is 16.4. The van der Waals surface area contributed by atoms with E-state index in [1.807, 2.05) is 6.07 Å². The molecule has 7 heteroatoms. The number of hydrogen-bond donors (Lipinski definition) is 3. The van der Waals surface area contributed by atoms with Crippen molar-refractivity contribution >= 4 is 23.5 Å². The van der Waals surface area contributed by atoms with Gasteiger partial charge in [0.05, 0.1) is 13.0 Å². The fraction of sp³-hybridized carbons (Fsp3) is 0.308. The summed E-state index contributed by atoms with van der Waals surface area (Å²) < 4.78 is 0. The average Bonchev–Trinajstić information content (AvgIpc) is 2.42. The molecule has 3 N–H and O–H groups in total. The lowest BCUT2D eigenvalue weighted by Crippen LogP contribution is -2.46. The maximum atomic E-state index is 11.7. The van der Waals surface area contributed by atoms with Crippen molar-refractivity contribution in [3.63, 3.8) is 0 Å². The second-order valence-corrected chi connectivity index (χ2v) is 4.13. The summed E-state index contributed by atoms with van der Waals surface area (Å²) in [4.78, 5) is 34.6. The molecule has 0 spiro atoms. The number of anilines is 1. The van der Waals surface area contributed by atoms with E-state index in [9.17, 15) is 14.4 Å². The van der Waals surface area contributed by atoms with Crippen molar-refractivity contribution in [3.05, 3.63) is 30.3 Å². The number of carbonyl (C=O) groups is 3. The Morgan fingerprint density at radius 2 is 1.80 bits per heavy atom. The quantitative estimate of drug-likeness (QED) is 0.643. The summed E-state index contributed by atoms with van der Waals surface area (Å²) >= 11 is 0. The van der Waals surface area contributed by atoms with Crippen molar-refractivity contribution < 1.29 is 19.5 Å². The number of carbonyl (C=O) groups excluding carboxylic acids is 2. The van der Waals surface area contributed by atoms with Gasteiger partial charge in [-0.2, -0.15) is 0 Å². The largest absolute Gasteiger partial charge is 0.481 e. The van der Waals surface area contributed by atoms with Crippen LogP contribution in [-0.4, -0.2) is 36.0 Å². The van der Waals surface area contributed by atoms with Gasteiger partial charge in [0.15, 0.2) is 0 Å². The van der Waals surface area contributed by atoms with Crippen LogP contribution in [0.4, 0.5) is 5.69 Å². The smallest absolute Gasteiger partial charge is 0.305 e. The van der Waals surface area contributed by atoms with Gasteiger partial charge in [-0.05, 0) is 12.1 Å². The molecule has 0 unspecified atom stereocenters. The highest BCUT2D eigenvalue weighted by Crippen LogP contribution is 2.13. The molecule has 1 aromatic rings. The predicted molar refractivity (Wildman–Crippen MR) is 72.9 cm³/mol. The van der Waals surface area contributed by atoms with E-state index in [4.69, 9.17) is 5.11 Å². The van der Waals surface area contributed by atoms with Crippen molar-refractivity contribution in [2.24, 2.45) is 0 Å². The first-order valence-electron chi connectivity index (χ1n) is 6.06. The van der Waals surface area contributed by atoms with Gasteiger partial charge >= 0.3 is 5.97 Å². The second-order valence-electron chi connectivity index (χ2n) is 4.13. The number of hydrogen-bond acceptors (Lipinski definition) is 4. The van der Waals surface area contributed by atoms with Crippen LogP contribution < -0.4 is 15.8 Å². The predicted octanol–water partition coefficient (Wildman–Crippen LogP) is 0.135. The van der Waals surface area contributed by atoms with Gasteiger partial charge in [0.1, 0.15) is 0 Å².